The Morgan fingerprint density at radius 3 is 2.64 bits per heavy atom. The van der Waals surface area contributed by atoms with Gasteiger partial charge in [0, 0.05) is 32.4 Å². The molecule has 0 radical (unpaired) electrons. The quantitative estimate of drug-likeness (QED) is 0.419. The Morgan fingerprint density at radius 1 is 1.24 bits per heavy atom. The number of rotatable bonds is 7. The highest BCUT2D eigenvalue weighted by Crippen LogP contribution is 2.16. The average molecular weight is 410 g/mol. The summed E-state index contributed by atoms with van der Waals surface area (Å²) in [5.74, 6) is 0.534. The van der Waals surface area contributed by atoms with Crippen LogP contribution < -0.4 is 10.6 Å². The summed E-state index contributed by atoms with van der Waals surface area (Å²) in [4.78, 5) is 4.22. The van der Waals surface area contributed by atoms with Gasteiger partial charge in [0.05, 0.1) is 10.2 Å². The smallest absolute Gasteiger partial charge is 0.190 e. The third-order valence-corrected chi connectivity index (χ3v) is 4.46. The number of aliphatic imine (C=N–C) groups is 1. The van der Waals surface area contributed by atoms with Crippen LogP contribution in [0, 0.1) is 19.7 Å². The Labute approximate surface area is 156 Å². The van der Waals surface area contributed by atoms with Crippen molar-refractivity contribution in [1.29, 1.82) is 0 Å². The summed E-state index contributed by atoms with van der Waals surface area (Å²) in [5.41, 5.74) is 3.31. The van der Waals surface area contributed by atoms with Crippen LogP contribution in [0.15, 0.2) is 33.7 Å². The molecule has 25 heavy (non-hydrogen) atoms. The maximum absolute atomic E-state index is 13.2. The highest BCUT2D eigenvalue weighted by molar-refractivity contribution is 9.10. The first-order valence-electron chi connectivity index (χ1n) is 8.39. The Kier molecular flexibility index (Phi) is 7.43. The zero-order valence-electron chi connectivity index (χ0n) is 14.9. The second-order valence-electron chi connectivity index (χ2n) is 5.93. The van der Waals surface area contributed by atoms with Crippen molar-refractivity contribution in [2.45, 2.75) is 33.2 Å². The molecule has 0 amide bonds. The SMILES string of the molecule is CN=C(NCCCn1nc(C)cc1C)NCCc1ccc(F)c(Br)c1. The molecule has 7 heteroatoms. The molecule has 0 spiro atoms. The van der Waals surface area contributed by atoms with Crippen molar-refractivity contribution in [1.82, 2.24) is 20.4 Å². The van der Waals surface area contributed by atoms with E-state index in [0.29, 0.717) is 4.47 Å². The van der Waals surface area contributed by atoms with Crippen LogP contribution in [0.25, 0.3) is 0 Å². The lowest BCUT2D eigenvalue weighted by molar-refractivity contribution is 0.555. The molecule has 1 heterocycles. The summed E-state index contributed by atoms with van der Waals surface area (Å²) in [6.07, 6.45) is 1.76. The van der Waals surface area contributed by atoms with Gasteiger partial charge in [0.15, 0.2) is 5.96 Å². The lowest BCUT2D eigenvalue weighted by Gasteiger charge is -2.12. The highest BCUT2D eigenvalue weighted by Gasteiger charge is 2.03. The Bertz CT molecular complexity index is 726. The van der Waals surface area contributed by atoms with Crippen LogP contribution in [0.5, 0.6) is 0 Å². The van der Waals surface area contributed by atoms with Gasteiger partial charge >= 0.3 is 0 Å². The van der Waals surface area contributed by atoms with Gasteiger partial charge in [-0.2, -0.15) is 5.10 Å². The molecule has 0 aliphatic rings. The number of hydrogen-bond acceptors (Lipinski definition) is 2. The minimum atomic E-state index is -0.239. The van der Waals surface area contributed by atoms with Gasteiger partial charge in [0.1, 0.15) is 5.82 Å². The van der Waals surface area contributed by atoms with E-state index in [9.17, 15) is 4.39 Å². The molecule has 0 saturated heterocycles. The molecule has 2 aromatic rings. The number of nitrogens with one attached hydrogen (secondary N) is 2. The van der Waals surface area contributed by atoms with Gasteiger partial charge in [-0.15, -0.1) is 0 Å². The highest BCUT2D eigenvalue weighted by atomic mass is 79.9. The predicted molar refractivity (Wildman–Crippen MR) is 103 cm³/mol. The summed E-state index contributed by atoms with van der Waals surface area (Å²) in [6.45, 7) is 6.51. The van der Waals surface area contributed by atoms with Crippen molar-refractivity contribution >= 4 is 21.9 Å². The van der Waals surface area contributed by atoms with E-state index >= 15 is 0 Å². The van der Waals surface area contributed by atoms with E-state index in [-0.39, 0.29) is 5.82 Å². The maximum atomic E-state index is 13.2. The van der Waals surface area contributed by atoms with Gasteiger partial charge in [-0.1, -0.05) is 6.07 Å². The molecule has 1 aromatic carbocycles. The third kappa shape index (κ3) is 6.16. The zero-order chi connectivity index (χ0) is 18.2. The molecular weight excluding hydrogens is 385 g/mol. The molecule has 0 aliphatic carbocycles. The van der Waals surface area contributed by atoms with Crippen LogP contribution in [0.3, 0.4) is 0 Å². The molecule has 2 rings (SSSR count). The summed E-state index contributed by atoms with van der Waals surface area (Å²) < 4.78 is 15.8. The van der Waals surface area contributed by atoms with Crippen LogP contribution in [0.1, 0.15) is 23.4 Å². The first-order valence-corrected chi connectivity index (χ1v) is 9.18. The molecule has 2 N–H and O–H groups in total. The monoisotopic (exact) mass is 409 g/mol. The second kappa shape index (κ2) is 9.56. The van der Waals surface area contributed by atoms with Gasteiger partial charge in [0.25, 0.3) is 0 Å². The first kappa shape index (κ1) is 19.4. The molecule has 0 unspecified atom stereocenters. The maximum Gasteiger partial charge on any atom is 0.190 e. The number of aromatic nitrogens is 2. The number of hydrogen-bond donors (Lipinski definition) is 2. The topological polar surface area (TPSA) is 54.2 Å². The lowest BCUT2D eigenvalue weighted by Crippen LogP contribution is -2.39. The van der Waals surface area contributed by atoms with Crippen molar-refractivity contribution in [3.63, 3.8) is 0 Å². The van der Waals surface area contributed by atoms with Gasteiger partial charge in [-0.05, 0) is 66.4 Å². The molecule has 136 valence electrons. The summed E-state index contributed by atoms with van der Waals surface area (Å²) in [5, 5.41) is 11.0. The van der Waals surface area contributed by atoms with Crippen LogP contribution >= 0.6 is 15.9 Å². The zero-order valence-corrected chi connectivity index (χ0v) is 16.5. The van der Waals surface area contributed by atoms with Gasteiger partial charge in [0.2, 0.25) is 0 Å². The van der Waals surface area contributed by atoms with Gasteiger partial charge < -0.3 is 10.6 Å². The van der Waals surface area contributed by atoms with Crippen LogP contribution in [-0.4, -0.2) is 35.9 Å². The number of benzene rings is 1. The number of nitrogens with zero attached hydrogens (tertiary/aromatic N) is 3. The van der Waals surface area contributed by atoms with Crippen molar-refractivity contribution < 1.29 is 4.39 Å². The minimum absolute atomic E-state index is 0.239. The standard InChI is InChI=1S/C18H25BrFN5/c1-13-11-14(2)25(24-13)10-4-8-22-18(21-3)23-9-7-15-5-6-17(20)16(19)12-15/h5-6,11-12H,4,7-10H2,1-3H3,(H2,21,22,23). The first-order chi connectivity index (χ1) is 12.0. The normalized spacial score (nSPS) is 11.6. The summed E-state index contributed by atoms with van der Waals surface area (Å²) in [6, 6.07) is 7.17. The molecule has 0 bridgehead atoms. The third-order valence-electron chi connectivity index (χ3n) is 3.86. The average Bonchev–Trinajstić information content (AvgIpc) is 2.90. The van der Waals surface area contributed by atoms with E-state index in [4.69, 9.17) is 0 Å². The van der Waals surface area contributed by atoms with Crippen molar-refractivity contribution in [2.24, 2.45) is 4.99 Å². The molecule has 0 saturated carbocycles. The van der Waals surface area contributed by atoms with Crippen LogP contribution in [0.2, 0.25) is 0 Å². The van der Waals surface area contributed by atoms with E-state index in [1.54, 1.807) is 13.1 Å². The fourth-order valence-corrected chi connectivity index (χ4v) is 3.00. The van der Waals surface area contributed by atoms with E-state index in [0.717, 1.165) is 49.7 Å². The van der Waals surface area contributed by atoms with Crippen molar-refractivity contribution in [3.05, 3.63) is 51.5 Å². The van der Waals surface area contributed by atoms with E-state index in [1.807, 2.05) is 17.7 Å². The van der Waals surface area contributed by atoms with Crippen LogP contribution in [0.4, 0.5) is 4.39 Å². The molecule has 0 atom stereocenters. The van der Waals surface area contributed by atoms with E-state index < -0.39 is 0 Å². The number of guanidine groups is 1. The second-order valence-corrected chi connectivity index (χ2v) is 6.78. The molecule has 1 aromatic heterocycles. The predicted octanol–water partition coefficient (Wildman–Crippen LogP) is 3.20. The largest absolute Gasteiger partial charge is 0.356 e. The lowest BCUT2D eigenvalue weighted by atomic mass is 10.1. The molecule has 0 aliphatic heterocycles. The fourth-order valence-electron chi connectivity index (χ4n) is 2.58. The van der Waals surface area contributed by atoms with E-state index in [1.165, 1.54) is 11.8 Å². The fraction of sp³-hybridized carbons (Fsp3) is 0.444. The summed E-state index contributed by atoms with van der Waals surface area (Å²) >= 11 is 3.21. The van der Waals surface area contributed by atoms with Crippen LogP contribution in [-0.2, 0) is 13.0 Å². The molecule has 5 nitrogen and oxygen atoms in total. The van der Waals surface area contributed by atoms with Crippen molar-refractivity contribution in [2.75, 3.05) is 20.1 Å². The minimum Gasteiger partial charge on any atom is -0.356 e. The van der Waals surface area contributed by atoms with Crippen molar-refractivity contribution in [3.8, 4) is 0 Å². The summed E-state index contributed by atoms with van der Waals surface area (Å²) in [7, 11) is 1.75. The Morgan fingerprint density at radius 2 is 2.00 bits per heavy atom. The Balaban J connectivity index is 1.68. The Hall–Kier alpha value is -1.89. The molecular formula is C18H25BrFN5. The van der Waals surface area contributed by atoms with E-state index in [2.05, 4.69) is 49.6 Å². The molecule has 0 fully saturated rings. The van der Waals surface area contributed by atoms with Gasteiger partial charge in [-0.3, -0.25) is 9.67 Å². The van der Waals surface area contributed by atoms with Gasteiger partial charge in [-0.25, -0.2) is 4.39 Å². The number of aryl methyl sites for hydroxylation is 3. The number of halogens is 2.